The Kier molecular flexibility index (Phi) is 9.34. The van der Waals surface area contributed by atoms with Gasteiger partial charge in [0.05, 0.1) is 11.4 Å². The Morgan fingerprint density at radius 2 is 1.47 bits per heavy atom. The number of benzene rings is 3. The zero-order chi connectivity index (χ0) is 24.9. The van der Waals surface area contributed by atoms with Crippen LogP contribution in [0.15, 0.2) is 74.5 Å². The summed E-state index contributed by atoms with van der Waals surface area (Å²) in [6.07, 6.45) is 1.46. The number of carbonyl (C=O) groups excluding carboxylic acids is 1. The lowest BCUT2D eigenvalue weighted by molar-refractivity contribution is -0.116. The lowest BCUT2D eigenvalue weighted by atomic mass is 10.0. The molecule has 180 valence electrons. The van der Waals surface area contributed by atoms with E-state index in [-0.39, 0.29) is 18.0 Å². The van der Waals surface area contributed by atoms with Gasteiger partial charge in [-0.05, 0) is 78.1 Å². The molecular weight excluding hydrogens is 604 g/mol. The van der Waals surface area contributed by atoms with E-state index in [0.29, 0.717) is 5.02 Å². The van der Waals surface area contributed by atoms with Crippen molar-refractivity contribution < 1.29 is 13.2 Å². The van der Waals surface area contributed by atoms with E-state index in [9.17, 15) is 13.2 Å². The standard InChI is InChI=1S/C25H25Br2ClN2O3S/c1-3-18-13-21(27)14-19(4-2)25(18)29-24(31)16-30(15-17-5-9-22(28)10-6-17)34(32,33)23-11-7-20(26)8-12-23/h5-14H,3-4,15-16H2,1-2H3,(H,29,31). The molecule has 1 amide bonds. The third-order valence-corrected chi connectivity index (χ3v) is 8.38. The number of carbonyl (C=O) groups is 1. The molecule has 0 fully saturated rings. The molecule has 0 aliphatic heterocycles. The SMILES string of the molecule is CCc1cc(Br)cc(CC)c1NC(=O)CN(Cc1ccc(Cl)cc1)S(=O)(=O)c1ccc(Br)cc1. The molecule has 0 aliphatic carbocycles. The first-order valence-corrected chi connectivity index (χ1v) is 14.2. The van der Waals surface area contributed by atoms with Gasteiger partial charge in [-0.25, -0.2) is 8.42 Å². The Morgan fingerprint density at radius 3 is 2.00 bits per heavy atom. The molecule has 0 saturated heterocycles. The summed E-state index contributed by atoms with van der Waals surface area (Å²) in [5, 5.41) is 3.53. The van der Waals surface area contributed by atoms with Crippen LogP contribution in [0.1, 0.15) is 30.5 Å². The summed E-state index contributed by atoms with van der Waals surface area (Å²) in [5.74, 6) is -0.402. The van der Waals surface area contributed by atoms with Gasteiger partial charge in [0.2, 0.25) is 15.9 Å². The molecule has 0 radical (unpaired) electrons. The van der Waals surface area contributed by atoms with Gasteiger partial charge in [0.15, 0.2) is 0 Å². The van der Waals surface area contributed by atoms with Crippen molar-refractivity contribution >= 4 is 65.1 Å². The van der Waals surface area contributed by atoms with Crippen LogP contribution in [0.3, 0.4) is 0 Å². The normalized spacial score (nSPS) is 11.6. The van der Waals surface area contributed by atoms with Crippen molar-refractivity contribution in [2.24, 2.45) is 0 Å². The van der Waals surface area contributed by atoms with Crippen LogP contribution in [-0.2, 0) is 34.2 Å². The van der Waals surface area contributed by atoms with Crippen LogP contribution in [0.4, 0.5) is 5.69 Å². The summed E-state index contributed by atoms with van der Waals surface area (Å²) >= 11 is 12.8. The molecule has 5 nitrogen and oxygen atoms in total. The number of halogens is 3. The van der Waals surface area contributed by atoms with Crippen LogP contribution in [0.25, 0.3) is 0 Å². The molecule has 9 heteroatoms. The molecule has 3 aromatic carbocycles. The third-order valence-electron chi connectivity index (χ3n) is 5.34. The van der Waals surface area contributed by atoms with Crippen LogP contribution in [0.5, 0.6) is 0 Å². The second-order valence-electron chi connectivity index (χ2n) is 7.71. The Bertz CT molecular complexity index is 1240. The number of hydrogen-bond acceptors (Lipinski definition) is 3. The molecule has 3 rings (SSSR count). The number of nitrogens with one attached hydrogen (secondary N) is 1. The van der Waals surface area contributed by atoms with E-state index < -0.39 is 15.9 Å². The monoisotopic (exact) mass is 626 g/mol. The summed E-state index contributed by atoms with van der Waals surface area (Å²) < 4.78 is 29.9. The first-order chi connectivity index (χ1) is 16.1. The average Bonchev–Trinajstić information content (AvgIpc) is 2.81. The second-order valence-corrected chi connectivity index (χ2v) is 11.9. The average molecular weight is 629 g/mol. The summed E-state index contributed by atoms with van der Waals surface area (Å²) in [7, 11) is -3.94. The van der Waals surface area contributed by atoms with Crippen LogP contribution in [0, 0.1) is 0 Å². The molecule has 0 aliphatic rings. The van der Waals surface area contributed by atoms with E-state index in [0.717, 1.165) is 44.2 Å². The van der Waals surface area contributed by atoms with Crippen LogP contribution >= 0.6 is 43.5 Å². The fourth-order valence-corrected chi connectivity index (χ4v) is 5.88. The fourth-order valence-electron chi connectivity index (χ4n) is 3.56. The van der Waals surface area contributed by atoms with Crippen LogP contribution in [-0.4, -0.2) is 25.2 Å². The Hall–Kier alpha value is -1.71. The molecule has 34 heavy (non-hydrogen) atoms. The van der Waals surface area contributed by atoms with Crippen LogP contribution < -0.4 is 5.32 Å². The van der Waals surface area contributed by atoms with Gasteiger partial charge in [-0.3, -0.25) is 4.79 Å². The molecule has 3 aromatic rings. The fraction of sp³-hybridized carbons (Fsp3) is 0.240. The summed E-state index contributed by atoms with van der Waals surface area (Å²) in [5.41, 5.74) is 3.44. The maximum absolute atomic E-state index is 13.5. The van der Waals surface area contributed by atoms with Gasteiger partial charge in [-0.15, -0.1) is 0 Å². The zero-order valence-corrected chi connectivity index (χ0v) is 23.6. The van der Waals surface area contributed by atoms with Crippen molar-refractivity contribution in [1.29, 1.82) is 0 Å². The summed E-state index contributed by atoms with van der Waals surface area (Å²) in [4.78, 5) is 13.3. The Labute approximate surface area is 222 Å². The molecule has 0 heterocycles. The molecular formula is C25H25Br2ClN2O3S. The Balaban J connectivity index is 1.93. The van der Waals surface area contributed by atoms with E-state index >= 15 is 0 Å². The van der Waals surface area contributed by atoms with E-state index in [1.807, 2.05) is 26.0 Å². The minimum atomic E-state index is -3.94. The van der Waals surface area contributed by atoms with Gasteiger partial charge in [-0.2, -0.15) is 4.31 Å². The number of amides is 1. The van der Waals surface area contributed by atoms with Crippen molar-refractivity contribution in [3.63, 3.8) is 0 Å². The van der Waals surface area contributed by atoms with Gasteiger partial charge in [0.1, 0.15) is 0 Å². The van der Waals surface area contributed by atoms with Crippen molar-refractivity contribution in [2.75, 3.05) is 11.9 Å². The van der Waals surface area contributed by atoms with Crippen molar-refractivity contribution in [3.8, 4) is 0 Å². The molecule has 0 saturated carbocycles. The smallest absolute Gasteiger partial charge is 0.243 e. The molecule has 0 atom stereocenters. The van der Waals surface area contributed by atoms with Crippen LogP contribution in [0.2, 0.25) is 5.02 Å². The van der Waals surface area contributed by atoms with Crippen molar-refractivity contribution in [2.45, 2.75) is 38.1 Å². The van der Waals surface area contributed by atoms with E-state index in [2.05, 4.69) is 37.2 Å². The topological polar surface area (TPSA) is 66.5 Å². The number of hydrogen-bond donors (Lipinski definition) is 1. The Morgan fingerprint density at radius 1 is 0.912 bits per heavy atom. The number of aryl methyl sites for hydroxylation is 2. The predicted octanol–water partition coefficient (Wildman–Crippen LogP) is 6.82. The number of anilines is 1. The summed E-state index contributed by atoms with van der Waals surface area (Å²) in [6.45, 7) is 3.73. The number of nitrogens with zero attached hydrogens (tertiary/aromatic N) is 1. The highest BCUT2D eigenvalue weighted by Crippen LogP contribution is 2.28. The lowest BCUT2D eigenvalue weighted by Gasteiger charge is -2.23. The highest BCUT2D eigenvalue weighted by molar-refractivity contribution is 9.10. The predicted molar refractivity (Wildman–Crippen MR) is 145 cm³/mol. The minimum Gasteiger partial charge on any atom is -0.324 e. The van der Waals surface area contributed by atoms with Gasteiger partial charge >= 0.3 is 0 Å². The molecule has 0 unspecified atom stereocenters. The molecule has 0 aromatic heterocycles. The second kappa shape index (κ2) is 11.8. The summed E-state index contributed by atoms with van der Waals surface area (Å²) in [6, 6.07) is 17.2. The van der Waals surface area contributed by atoms with Gasteiger partial charge in [0.25, 0.3) is 0 Å². The van der Waals surface area contributed by atoms with E-state index in [1.165, 1.54) is 16.4 Å². The van der Waals surface area contributed by atoms with Gasteiger partial charge in [-0.1, -0.05) is 69.4 Å². The van der Waals surface area contributed by atoms with Gasteiger partial charge < -0.3 is 5.32 Å². The molecule has 0 spiro atoms. The van der Waals surface area contributed by atoms with Gasteiger partial charge in [0, 0.05) is 26.2 Å². The maximum atomic E-state index is 13.5. The number of rotatable bonds is 9. The first-order valence-electron chi connectivity index (χ1n) is 10.7. The van der Waals surface area contributed by atoms with Crippen molar-refractivity contribution in [3.05, 3.63) is 91.3 Å². The van der Waals surface area contributed by atoms with E-state index in [1.54, 1.807) is 36.4 Å². The highest BCUT2D eigenvalue weighted by atomic mass is 79.9. The minimum absolute atomic E-state index is 0.0323. The maximum Gasteiger partial charge on any atom is 0.243 e. The quantitative estimate of drug-likeness (QED) is 0.283. The molecule has 0 bridgehead atoms. The zero-order valence-electron chi connectivity index (χ0n) is 18.8. The lowest BCUT2D eigenvalue weighted by Crippen LogP contribution is -2.37. The van der Waals surface area contributed by atoms with E-state index in [4.69, 9.17) is 11.6 Å². The third kappa shape index (κ3) is 6.70. The number of sulfonamides is 1. The first kappa shape index (κ1) is 26.9. The highest BCUT2D eigenvalue weighted by Gasteiger charge is 2.27. The van der Waals surface area contributed by atoms with Crippen molar-refractivity contribution in [1.82, 2.24) is 4.31 Å². The largest absolute Gasteiger partial charge is 0.324 e. The molecule has 1 N–H and O–H groups in total.